The second kappa shape index (κ2) is 14.8. The lowest BCUT2D eigenvalue weighted by Crippen LogP contribution is -2.58. The number of anilines is 2. The highest BCUT2D eigenvalue weighted by molar-refractivity contribution is 5.88. The van der Waals surface area contributed by atoms with E-state index in [2.05, 4.69) is 10.4 Å². The van der Waals surface area contributed by atoms with Crippen LogP contribution in [-0.4, -0.2) is 78.2 Å². The van der Waals surface area contributed by atoms with Gasteiger partial charge in [-0.15, -0.1) is 0 Å². The molecule has 2 aromatic heterocycles. The first-order valence-electron chi connectivity index (χ1n) is 17.2. The molecule has 3 heterocycles. The molecule has 1 saturated heterocycles. The molecule has 0 bridgehead atoms. The van der Waals surface area contributed by atoms with Crippen LogP contribution in [0.5, 0.6) is 0 Å². The average molecular weight is 696 g/mol. The number of aliphatic hydroxyl groups excluding tert-OH is 1. The van der Waals surface area contributed by atoms with E-state index in [-0.39, 0.29) is 18.2 Å². The number of aromatic nitrogens is 3. The minimum Gasteiger partial charge on any atom is -0.444 e. The van der Waals surface area contributed by atoms with Crippen molar-refractivity contribution in [1.29, 1.82) is 0 Å². The van der Waals surface area contributed by atoms with Gasteiger partial charge in [-0.1, -0.05) is 39.8 Å². The molecular formula is C36H53N7O7. The van der Waals surface area contributed by atoms with Crippen molar-refractivity contribution < 1.29 is 29.1 Å². The number of benzene rings is 1. The minimum atomic E-state index is -0.819. The number of hydrogen-bond acceptors (Lipinski definition) is 10. The number of carbonyl (C=O) groups excluding carboxylic acids is 2. The Kier molecular flexibility index (Phi) is 11.3. The van der Waals surface area contributed by atoms with Gasteiger partial charge in [0.1, 0.15) is 22.8 Å². The molecule has 1 aliphatic heterocycles. The summed E-state index contributed by atoms with van der Waals surface area (Å²) >= 11 is 0. The van der Waals surface area contributed by atoms with E-state index in [0.29, 0.717) is 55.2 Å². The molecule has 0 aliphatic carbocycles. The fraction of sp³-hybridized carbons (Fsp3) is 0.611. The van der Waals surface area contributed by atoms with Crippen LogP contribution < -0.4 is 10.2 Å². The molecule has 0 saturated carbocycles. The number of fused-ring (bicyclic) bond motifs is 1. The maximum Gasteiger partial charge on any atom is 0.416 e. The molecule has 0 radical (unpaired) electrons. The van der Waals surface area contributed by atoms with E-state index in [9.17, 15) is 24.8 Å². The second-order valence-corrected chi connectivity index (χ2v) is 16.0. The number of amides is 2. The molecule has 2 N–H and O–H groups in total. The first kappa shape index (κ1) is 38.3. The van der Waals surface area contributed by atoms with Crippen LogP contribution in [0, 0.1) is 15.5 Å². The summed E-state index contributed by atoms with van der Waals surface area (Å²) in [5.74, 6) is 0.912. The zero-order valence-electron chi connectivity index (χ0n) is 31.0. The van der Waals surface area contributed by atoms with Crippen molar-refractivity contribution in [3.63, 3.8) is 0 Å². The highest BCUT2D eigenvalue weighted by Gasteiger charge is 2.44. The molecule has 274 valence electrons. The van der Waals surface area contributed by atoms with Crippen molar-refractivity contribution in [1.82, 2.24) is 19.5 Å². The number of hydrogen-bond donors (Lipinski definition) is 2. The van der Waals surface area contributed by atoms with Gasteiger partial charge in [0, 0.05) is 36.9 Å². The number of nitrogens with one attached hydrogen (secondary N) is 1. The second-order valence-electron chi connectivity index (χ2n) is 16.0. The van der Waals surface area contributed by atoms with Gasteiger partial charge in [0.2, 0.25) is 0 Å². The Hall–Kier alpha value is -4.46. The van der Waals surface area contributed by atoms with E-state index in [1.165, 1.54) is 17.0 Å². The summed E-state index contributed by atoms with van der Waals surface area (Å²) < 4.78 is 13.1. The zero-order chi connectivity index (χ0) is 37.2. The molecule has 2 atom stereocenters. The maximum atomic E-state index is 13.8. The van der Waals surface area contributed by atoms with Crippen LogP contribution in [0.15, 0.2) is 36.5 Å². The summed E-state index contributed by atoms with van der Waals surface area (Å²) in [5, 5.41) is 30.7. The first-order valence-corrected chi connectivity index (χ1v) is 17.2. The van der Waals surface area contributed by atoms with Gasteiger partial charge in [-0.25, -0.2) is 14.6 Å². The third kappa shape index (κ3) is 9.40. The summed E-state index contributed by atoms with van der Waals surface area (Å²) in [7, 11) is 0. The normalized spacial score (nSPS) is 17.2. The van der Waals surface area contributed by atoms with E-state index in [1.54, 1.807) is 54.6 Å². The minimum absolute atomic E-state index is 0.0287. The number of likely N-dealkylation sites (tertiary alicyclic amines) is 1. The molecule has 1 aliphatic rings. The Bertz CT molecular complexity index is 1690. The fourth-order valence-electron chi connectivity index (χ4n) is 6.27. The van der Waals surface area contributed by atoms with Gasteiger partial charge in [0.15, 0.2) is 5.65 Å². The quantitative estimate of drug-likeness (QED) is 0.163. The molecule has 0 spiro atoms. The Balaban J connectivity index is 1.69. The third-order valence-electron chi connectivity index (χ3n) is 8.56. The Morgan fingerprint density at radius 1 is 1.10 bits per heavy atom. The first-order chi connectivity index (χ1) is 23.2. The zero-order valence-corrected chi connectivity index (χ0v) is 31.0. The summed E-state index contributed by atoms with van der Waals surface area (Å²) in [5.41, 5.74) is -0.141. The number of non-ortho nitro benzene ring substituents is 1. The maximum absolute atomic E-state index is 13.8. The van der Waals surface area contributed by atoms with Crippen LogP contribution in [-0.2, 0) is 16.0 Å². The summed E-state index contributed by atoms with van der Waals surface area (Å²) in [4.78, 5) is 46.1. The topological polar surface area (TPSA) is 165 Å². The van der Waals surface area contributed by atoms with Gasteiger partial charge in [-0.05, 0) is 77.7 Å². The lowest BCUT2D eigenvalue weighted by Gasteiger charge is -2.47. The Morgan fingerprint density at radius 3 is 2.40 bits per heavy atom. The molecule has 14 heteroatoms. The molecule has 50 heavy (non-hydrogen) atoms. The SMILES string of the molecule is CC(C)c1cnn2c(N(Cc3cccc([N+](=O)[O-])c3)C(=O)OC(C)(C)C)cc(NCCC(C)(C)C3C(O)CCCN3C(=O)OC(C)(C)C)nc12. The number of nitro groups is 1. The van der Waals surface area contributed by atoms with E-state index in [1.807, 2.05) is 48.5 Å². The van der Waals surface area contributed by atoms with Gasteiger partial charge >= 0.3 is 12.2 Å². The highest BCUT2D eigenvalue weighted by Crippen LogP contribution is 2.37. The molecule has 1 fully saturated rings. The summed E-state index contributed by atoms with van der Waals surface area (Å²) in [6.07, 6.45) is 1.77. The van der Waals surface area contributed by atoms with E-state index in [0.717, 1.165) is 5.56 Å². The molecule has 2 amide bonds. The predicted octanol–water partition coefficient (Wildman–Crippen LogP) is 7.29. The molecular weight excluding hydrogens is 642 g/mol. The van der Waals surface area contributed by atoms with Crippen molar-refractivity contribution >= 4 is 35.2 Å². The number of piperidine rings is 1. The monoisotopic (exact) mass is 695 g/mol. The van der Waals surface area contributed by atoms with Crippen molar-refractivity contribution in [3.8, 4) is 0 Å². The molecule has 2 unspecified atom stereocenters. The summed E-state index contributed by atoms with van der Waals surface area (Å²) in [6, 6.07) is 7.37. The molecule has 3 aromatic rings. The standard InChI is InChI=1S/C36H53N7O7/c1-23(2)26-21-38-42-29(41(33(46)50-35(6,7)8)22-24-13-11-14-25(19-24)43(47)48)20-28(39-31(26)42)37-17-16-36(9,10)30-27(44)15-12-18-40(30)32(45)49-34(3,4)5/h11,13-14,19-21,23,27,30,44H,12,15-18,22H2,1-10H3,(H,37,39). The number of carbonyl (C=O) groups is 2. The Morgan fingerprint density at radius 2 is 1.78 bits per heavy atom. The molecule has 4 rings (SSSR count). The lowest BCUT2D eigenvalue weighted by atomic mass is 9.75. The lowest BCUT2D eigenvalue weighted by molar-refractivity contribution is -0.384. The fourth-order valence-corrected chi connectivity index (χ4v) is 6.27. The number of nitrogens with zero attached hydrogens (tertiary/aromatic N) is 6. The smallest absolute Gasteiger partial charge is 0.416 e. The van der Waals surface area contributed by atoms with E-state index < -0.39 is 45.9 Å². The van der Waals surface area contributed by atoms with Gasteiger partial charge in [0.05, 0.1) is 29.8 Å². The van der Waals surface area contributed by atoms with E-state index >= 15 is 0 Å². The van der Waals surface area contributed by atoms with Crippen molar-refractivity contribution in [3.05, 3.63) is 57.8 Å². The van der Waals surface area contributed by atoms with Gasteiger partial charge in [-0.2, -0.15) is 9.61 Å². The van der Waals surface area contributed by atoms with Gasteiger partial charge < -0.3 is 24.8 Å². The average Bonchev–Trinajstić information content (AvgIpc) is 3.42. The van der Waals surface area contributed by atoms with Crippen LogP contribution in [0.4, 0.5) is 26.9 Å². The largest absolute Gasteiger partial charge is 0.444 e. The van der Waals surface area contributed by atoms with Crippen molar-refractivity contribution in [2.45, 2.75) is 124 Å². The van der Waals surface area contributed by atoms with Gasteiger partial charge in [-0.3, -0.25) is 15.0 Å². The van der Waals surface area contributed by atoms with Crippen LogP contribution in [0.1, 0.15) is 106 Å². The van der Waals surface area contributed by atoms with Crippen LogP contribution in [0.3, 0.4) is 0 Å². The molecule has 1 aromatic carbocycles. The summed E-state index contributed by atoms with van der Waals surface area (Å²) in [6.45, 7) is 19.8. The van der Waals surface area contributed by atoms with Crippen molar-refractivity contribution in [2.24, 2.45) is 5.41 Å². The van der Waals surface area contributed by atoms with Crippen LogP contribution in [0.2, 0.25) is 0 Å². The number of aliphatic hydroxyl groups is 1. The number of nitro benzene ring substituents is 1. The number of rotatable bonds is 10. The number of ether oxygens (including phenoxy) is 2. The highest BCUT2D eigenvalue weighted by atomic mass is 16.6. The predicted molar refractivity (Wildman–Crippen MR) is 191 cm³/mol. The van der Waals surface area contributed by atoms with Crippen LogP contribution in [0.25, 0.3) is 5.65 Å². The van der Waals surface area contributed by atoms with Crippen LogP contribution >= 0.6 is 0 Å². The van der Waals surface area contributed by atoms with E-state index in [4.69, 9.17) is 14.5 Å². The molecule has 14 nitrogen and oxygen atoms in total. The van der Waals surface area contributed by atoms with Crippen molar-refractivity contribution in [2.75, 3.05) is 23.3 Å². The Labute approximate surface area is 294 Å². The van der Waals surface area contributed by atoms with Gasteiger partial charge in [0.25, 0.3) is 5.69 Å². The third-order valence-corrected chi connectivity index (χ3v) is 8.56.